The van der Waals surface area contributed by atoms with Crippen LogP contribution in [-0.4, -0.2) is 149 Å². The van der Waals surface area contributed by atoms with E-state index in [4.69, 9.17) is 46.0 Å². The van der Waals surface area contributed by atoms with Crippen molar-refractivity contribution in [3.05, 3.63) is 0 Å². The van der Waals surface area contributed by atoms with Crippen LogP contribution in [0.4, 0.5) is 0 Å². The molecule has 0 aliphatic heterocycles. The number of carbonyl (C=O) groups is 4. The van der Waals surface area contributed by atoms with Gasteiger partial charge in [0.2, 0.25) is 0 Å². The van der Waals surface area contributed by atoms with Gasteiger partial charge in [0.05, 0.1) is 19.6 Å². The summed E-state index contributed by atoms with van der Waals surface area (Å²) in [5, 5.41) is 96.9. The predicted molar refractivity (Wildman–Crippen MR) is 96.5 cm³/mol. The number of ether oxygens (including phenoxy) is 1. The number of rotatable bonds is 14. The minimum absolute atomic E-state index is 0.0800. The van der Waals surface area contributed by atoms with Crippen molar-refractivity contribution >= 4 is 24.0 Å². The van der Waals surface area contributed by atoms with E-state index < -0.39 is 92.8 Å². The highest BCUT2D eigenvalue weighted by atomic mass is 16.6. The highest BCUT2D eigenvalue weighted by Gasteiger charge is 2.35. The van der Waals surface area contributed by atoms with Gasteiger partial charge < -0.3 is 60.9 Å². The van der Waals surface area contributed by atoms with Crippen molar-refractivity contribution < 1.29 is 80.1 Å². The third-order valence-electron chi connectivity index (χ3n) is 3.68. The van der Waals surface area contributed by atoms with E-state index >= 15 is 0 Å². The van der Waals surface area contributed by atoms with Gasteiger partial charge in [-0.15, -0.1) is 0 Å². The minimum Gasteiger partial charge on any atom is -0.481 e. The summed E-state index contributed by atoms with van der Waals surface area (Å²) in [7, 11) is 0. The number of esters is 1. The lowest BCUT2D eigenvalue weighted by Gasteiger charge is -2.25. The van der Waals surface area contributed by atoms with E-state index in [1.54, 1.807) is 0 Å². The van der Waals surface area contributed by atoms with Gasteiger partial charge in [0.1, 0.15) is 43.2 Å². The molecule has 32 heavy (non-hydrogen) atoms. The Hall–Kier alpha value is -2.12. The first kappa shape index (κ1) is 32.1. The number of carbonyl (C=O) groups excluding carboxylic acids is 3. The molecule has 0 rings (SSSR count). The van der Waals surface area contributed by atoms with Gasteiger partial charge in [0, 0.05) is 0 Å². The van der Waals surface area contributed by atoms with Gasteiger partial charge in [-0.1, -0.05) is 0 Å². The monoisotopic (exact) mass is 476 g/mol. The summed E-state index contributed by atoms with van der Waals surface area (Å²) in [5.74, 6) is -3.99. The lowest BCUT2D eigenvalue weighted by molar-refractivity contribution is -0.176. The number of carboxylic acid groups (broad SMARTS) is 1. The fourth-order valence-corrected chi connectivity index (χ4v) is 1.77. The van der Waals surface area contributed by atoms with E-state index in [-0.39, 0.29) is 6.29 Å². The number of Topliss-reactive ketones (excluding diaryl/α,β-unsaturated/α-hetero) is 1. The number of hydrogen-bond donors (Lipinski definition) is 11. The van der Waals surface area contributed by atoms with Gasteiger partial charge in [0.15, 0.2) is 24.3 Å². The third kappa shape index (κ3) is 11.5. The average Bonchev–Trinajstić information content (AvgIpc) is 2.78. The number of aldehydes is 1. The molecule has 0 amide bonds. The fourth-order valence-electron chi connectivity index (χ4n) is 1.77. The number of ketones is 1. The van der Waals surface area contributed by atoms with Gasteiger partial charge in [-0.2, -0.15) is 0 Å². The minimum atomic E-state index is -2.06. The van der Waals surface area contributed by atoms with Crippen molar-refractivity contribution in [3.63, 3.8) is 0 Å². The summed E-state index contributed by atoms with van der Waals surface area (Å²) >= 11 is 0. The van der Waals surface area contributed by atoms with E-state index in [1.807, 2.05) is 0 Å². The van der Waals surface area contributed by atoms with E-state index in [0.29, 0.717) is 0 Å². The number of aliphatic hydroxyl groups is 10. The molecule has 1 unspecified atom stereocenters. The van der Waals surface area contributed by atoms with Crippen LogP contribution < -0.4 is 0 Å². The molecule has 0 aliphatic rings. The Morgan fingerprint density at radius 3 is 1.62 bits per heavy atom. The Balaban J connectivity index is 0. The summed E-state index contributed by atoms with van der Waals surface area (Å²) in [5.41, 5.74) is 0. The van der Waals surface area contributed by atoms with E-state index in [9.17, 15) is 29.4 Å². The molecule has 0 aromatic carbocycles. The van der Waals surface area contributed by atoms with Gasteiger partial charge in [0.25, 0.3) is 0 Å². The molecule has 16 nitrogen and oxygen atoms in total. The zero-order valence-corrected chi connectivity index (χ0v) is 16.5. The van der Waals surface area contributed by atoms with Crippen LogP contribution in [0, 0.1) is 0 Å². The lowest BCUT2D eigenvalue weighted by Crippen LogP contribution is -2.48. The highest BCUT2D eigenvalue weighted by Crippen LogP contribution is 2.09. The molecule has 0 bridgehead atoms. The molecular weight excluding hydrogens is 448 g/mol. The molecule has 0 aromatic rings. The molecule has 0 spiro atoms. The van der Waals surface area contributed by atoms with Crippen molar-refractivity contribution in [1.82, 2.24) is 0 Å². The molecule has 0 saturated heterocycles. The predicted octanol–water partition coefficient (Wildman–Crippen LogP) is -7.37. The van der Waals surface area contributed by atoms with Crippen molar-refractivity contribution in [2.24, 2.45) is 0 Å². The molecule has 11 N–H and O–H groups in total. The first-order valence-electron chi connectivity index (χ1n) is 8.78. The maximum Gasteiger partial charge on any atom is 0.336 e. The Kier molecular flexibility index (Phi) is 16.5. The van der Waals surface area contributed by atoms with E-state index in [1.165, 1.54) is 0 Å². The zero-order valence-electron chi connectivity index (χ0n) is 16.5. The number of hydrogen-bond acceptors (Lipinski definition) is 15. The quantitative estimate of drug-likeness (QED) is 0.0819. The maximum atomic E-state index is 11.2. The van der Waals surface area contributed by atoms with E-state index in [0.717, 1.165) is 0 Å². The highest BCUT2D eigenvalue weighted by molar-refractivity contribution is 5.84. The molecule has 8 atom stereocenters. The van der Waals surface area contributed by atoms with Gasteiger partial charge in [-0.25, -0.2) is 4.79 Å². The van der Waals surface area contributed by atoms with Crippen LogP contribution in [0.25, 0.3) is 0 Å². The Morgan fingerprint density at radius 2 is 1.25 bits per heavy atom. The Morgan fingerprint density at radius 1 is 0.781 bits per heavy atom. The molecule has 188 valence electrons. The summed E-state index contributed by atoms with van der Waals surface area (Å²) < 4.78 is 4.32. The molecule has 0 aromatic heterocycles. The molecule has 0 aliphatic carbocycles. The third-order valence-corrected chi connectivity index (χ3v) is 3.68. The van der Waals surface area contributed by atoms with Gasteiger partial charge >= 0.3 is 11.9 Å². The van der Waals surface area contributed by atoms with Crippen LogP contribution in [0.5, 0.6) is 0 Å². The standard InChI is InChI=1S/C10H16O10.C6H12O6/c11-2-5(14)8(17)9(18)6(3-12)20-10(19)4(13)1-7(15)16;7-1-3(9)5(11)6(12)4(10)2-8/h3-6,8-9,11,13-14,17-18H,1-2H2,(H,15,16);3,5-9,11-12H,1-2H2/t4?,5-,6+,8-,9-;3-,5-,6-/m11/s1. The first-order valence-corrected chi connectivity index (χ1v) is 8.78. The number of aliphatic carboxylic acids is 1. The summed E-state index contributed by atoms with van der Waals surface area (Å²) in [6.45, 7) is -2.60. The summed E-state index contributed by atoms with van der Waals surface area (Å²) in [4.78, 5) is 42.6. The molecule has 0 radical (unpaired) electrons. The van der Waals surface area contributed by atoms with Crippen LogP contribution >= 0.6 is 0 Å². The fraction of sp³-hybridized carbons (Fsp3) is 0.750. The van der Waals surface area contributed by atoms with Crippen LogP contribution in [0.3, 0.4) is 0 Å². The van der Waals surface area contributed by atoms with Crippen molar-refractivity contribution in [2.75, 3.05) is 19.8 Å². The maximum absolute atomic E-state index is 11.2. The second-order valence-electron chi connectivity index (χ2n) is 6.19. The first-order chi connectivity index (χ1) is 14.8. The Bertz CT molecular complexity index is 582. The normalized spacial score (nSPS) is 18.4. The van der Waals surface area contributed by atoms with Crippen molar-refractivity contribution in [3.8, 4) is 0 Å². The van der Waals surface area contributed by atoms with Crippen LogP contribution in [-0.2, 0) is 23.9 Å². The van der Waals surface area contributed by atoms with Crippen LogP contribution in [0.2, 0.25) is 0 Å². The van der Waals surface area contributed by atoms with E-state index in [2.05, 4.69) is 4.74 Å². The molecule has 0 saturated carbocycles. The summed E-state index contributed by atoms with van der Waals surface area (Å²) in [6, 6.07) is 0. The molecule has 0 fully saturated rings. The van der Waals surface area contributed by atoms with Gasteiger partial charge in [-0.3, -0.25) is 14.4 Å². The van der Waals surface area contributed by atoms with Crippen molar-refractivity contribution in [1.29, 1.82) is 0 Å². The SMILES string of the molecule is O=C(CO)[C@@H](O)[C@H](O)[C@H](O)CO.O=C[C@H](OC(=O)C(O)CC(=O)O)[C@@H](O)[C@H](O)[C@H](O)CO. The average molecular weight is 476 g/mol. The van der Waals surface area contributed by atoms with Gasteiger partial charge in [-0.05, 0) is 0 Å². The number of aliphatic hydroxyl groups excluding tert-OH is 10. The summed E-state index contributed by atoms with van der Waals surface area (Å²) in [6.07, 6.45) is -16.1. The topological polar surface area (TPSA) is 300 Å². The zero-order chi connectivity index (χ0) is 25.6. The molecular formula is C16H28O16. The molecule has 16 heteroatoms. The Labute approximate surface area is 180 Å². The smallest absolute Gasteiger partial charge is 0.336 e. The lowest BCUT2D eigenvalue weighted by atomic mass is 10.0. The number of carboxylic acids is 1. The van der Waals surface area contributed by atoms with Crippen LogP contribution in [0.15, 0.2) is 0 Å². The largest absolute Gasteiger partial charge is 0.481 e. The molecule has 0 heterocycles. The van der Waals surface area contributed by atoms with Crippen molar-refractivity contribution in [2.45, 2.75) is 55.3 Å². The second kappa shape index (κ2) is 16.5. The van der Waals surface area contributed by atoms with Crippen LogP contribution in [0.1, 0.15) is 6.42 Å². The second-order valence-corrected chi connectivity index (χ2v) is 6.19.